The molecule has 20 heavy (non-hydrogen) atoms. The molecule has 0 saturated heterocycles. The third kappa shape index (κ3) is 2.85. The third-order valence-corrected chi connectivity index (χ3v) is 2.85. The number of phenolic OH excluding ortho intramolecular Hbond substituents is 1. The molecule has 1 aliphatic rings. The van der Waals surface area contributed by atoms with E-state index in [1.54, 1.807) is 25.1 Å². The minimum absolute atomic E-state index is 0.150. The quantitative estimate of drug-likeness (QED) is 0.662. The Morgan fingerprint density at radius 3 is 2.65 bits per heavy atom. The first-order valence-electron chi connectivity index (χ1n) is 5.96. The second kappa shape index (κ2) is 5.56. The van der Waals surface area contributed by atoms with Gasteiger partial charge in [-0.3, -0.25) is 14.5 Å². The highest BCUT2D eigenvalue weighted by Gasteiger charge is 2.29. The topological polar surface area (TPSA) is 79.2 Å². The van der Waals surface area contributed by atoms with Crippen LogP contribution < -0.4 is 0 Å². The highest BCUT2D eigenvalue weighted by Crippen LogP contribution is 2.19. The number of methoxy groups -OCH3 is 1. The molecule has 1 N–H and O–H groups in total. The van der Waals surface area contributed by atoms with E-state index in [0.29, 0.717) is 5.84 Å². The van der Waals surface area contributed by atoms with Crippen LogP contribution in [0.4, 0.5) is 0 Å². The fourth-order valence-corrected chi connectivity index (χ4v) is 1.77. The lowest BCUT2D eigenvalue weighted by Crippen LogP contribution is -2.35. The van der Waals surface area contributed by atoms with Gasteiger partial charge in [0.1, 0.15) is 23.8 Å². The Hall–Kier alpha value is -2.63. The van der Waals surface area contributed by atoms with E-state index < -0.39 is 5.97 Å². The molecule has 0 unspecified atom stereocenters. The van der Waals surface area contributed by atoms with E-state index in [2.05, 4.69) is 9.73 Å². The van der Waals surface area contributed by atoms with Crippen molar-refractivity contribution in [2.45, 2.75) is 6.92 Å². The Balaban J connectivity index is 2.21. The molecule has 0 saturated carbocycles. The maximum absolute atomic E-state index is 12.1. The zero-order chi connectivity index (χ0) is 14.7. The fourth-order valence-electron chi connectivity index (χ4n) is 1.77. The summed E-state index contributed by atoms with van der Waals surface area (Å²) in [4.78, 5) is 28.8. The summed E-state index contributed by atoms with van der Waals surface area (Å²) in [5.41, 5.74) is 0.986. The largest absolute Gasteiger partial charge is 0.508 e. The van der Waals surface area contributed by atoms with Crippen LogP contribution >= 0.6 is 0 Å². The molecule has 0 aromatic heterocycles. The summed E-state index contributed by atoms with van der Waals surface area (Å²) in [6.07, 6.45) is 1.60. The molecule has 0 aliphatic carbocycles. The molecule has 6 nitrogen and oxygen atoms in total. The zero-order valence-corrected chi connectivity index (χ0v) is 11.2. The average Bonchev–Trinajstić information content (AvgIpc) is 2.69. The van der Waals surface area contributed by atoms with Crippen molar-refractivity contribution in [1.82, 2.24) is 4.90 Å². The Bertz CT molecular complexity index is 602. The van der Waals surface area contributed by atoms with Crippen LogP contribution in [0.25, 0.3) is 6.08 Å². The summed E-state index contributed by atoms with van der Waals surface area (Å²) >= 11 is 0. The number of aliphatic imine (C=N–C) groups is 1. The number of ether oxygens (including phenoxy) is 1. The van der Waals surface area contributed by atoms with Gasteiger partial charge in [-0.15, -0.1) is 0 Å². The van der Waals surface area contributed by atoms with Crippen LogP contribution in [-0.2, 0) is 14.3 Å². The number of hydrogen-bond acceptors (Lipinski definition) is 5. The number of carbonyl (C=O) groups excluding carboxylic acids is 2. The maximum Gasteiger partial charge on any atom is 0.325 e. The van der Waals surface area contributed by atoms with Crippen LogP contribution in [-0.4, -0.2) is 41.4 Å². The number of phenols is 1. The number of rotatable bonds is 3. The summed E-state index contributed by atoms with van der Waals surface area (Å²) in [5.74, 6) is -0.248. The first-order chi connectivity index (χ1) is 9.51. The van der Waals surface area contributed by atoms with E-state index in [1.165, 1.54) is 24.1 Å². The lowest BCUT2D eigenvalue weighted by atomic mass is 10.2. The highest BCUT2D eigenvalue weighted by molar-refractivity contribution is 6.14. The Morgan fingerprint density at radius 2 is 2.05 bits per heavy atom. The van der Waals surface area contributed by atoms with E-state index in [9.17, 15) is 14.7 Å². The molecule has 0 spiro atoms. The van der Waals surface area contributed by atoms with Crippen molar-refractivity contribution in [2.24, 2.45) is 4.99 Å². The van der Waals surface area contributed by atoms with E-state index in [4.69, 9.17) is 0 Å². The van der Waals surface area contributed by atoms with Gasteiger partial charge in [-0.1, -0.05) is 12.1 Å². The highest BCUT2D eigenvalue weighted by atomic mass is 16.5. The van der Waals surface area contributed by atoms with Gasteiger partial charge in [0, 0.05) is 0 Å². The molecular formula is C14H14N2O4. The van der Waals surface area contributed by atoms with Gasteiger partial charge < -0.3 is 9.84 Å². The van der Waals surface area contributed by atoms with Gasteiger partial charge in [-0.2, -0.15) is 0 Å². The van der Waals surface area contributed by atoms with Gasteiger partial charge in [0.15, 0.2) is 0 Å². The van der Waals surface area contributed by atoms with E-state index in [1.807, 2.05) is 0 Å². The van der Waals surface area contributed by atoms with Crippen LogP contribution in [0.1, 0.15) is 12.5 Å². The predicted molar refractivity (Wildman–Crippen MR) is 72.9 cm³/mol. The van der Waals surface area contributed by atoms with Crippen LogP contribution in [0.3, 0.4) is 0 Å². The summed E-state index contributed by atoms with van der Waals surface area (Å²) in [5, 5.41) is 9.21. The van der Waals surface area contributed by atoms with Crippen LogP contribution in [0.15, 0.2) is 35.0 Å². The van der Waals surface area contributed by atoms with Crippen molar-refractivity contribution >= 4 is 23.8 Å². The van der Waals surface area contributed by atoms with Crippen LogP contribution in [0, 0.1) is 0 Å². The number of aromatic hydroxyl groups is 1. The number of nitrogens with zero attached hydrogens (tertiary/aromatic N) is 2. The van der Waals surface area contributed by atoms with E-state index in [0.717, 1.165) is 5.56 Å². The molecule has 2 rings (SSSR count). The molecule has 1 aromatic carbocycles. The van der Waals surface area contributed by atoms with E-state index >= 15 is 0 Å². The first-order valence-corrected chi connectivity index (χ1v) is 5.96. The number of esters is 1. The number of benzene rings is 1. The van der Waals surface area contributed by atoms with Gasteiger partial charge in [-0.05, 0) is 30.7 Å². The summed E-state index contributed by atoms with van der Waals surface area (Å²) in [7, 11) is 1.27. The van der Waals surface area contributed by atoms with Crippen molar-refractivity contribution in [2.75, 3.05) is 13.7 Å². The molecule has 0 bridgehead atoms. The molecule has 6 heteroatoms. The molecule has 1 aromatic rings. The van der Waals surface area contributed by atoms with Gasteiger partial charge in [0.2, 0.25) is 0 Å². The summed E-state index contributed by atoms with van der Waals surface area (Å²) < 4.78 is 4.54. The van der Waals surface area contributed by atoms with Crippen LogP contribution in [0.5, 0.6) is 5.75 Å². The average molecular weight is 274 g/mol. The van der Waals surface area contributed by atoms with Gasteiger partial charge in [0.05, 0.1) is 7.11 Å². The van der Waals surface area contributed by atoms with Gasteiger partial charge in [-0.25, -0.2) is 4.99 Å². The second-order valence-corrected chi connectivity index (χ2v) is 4.25. The smallest absolute Gasteiger partial charge is 0.325 e. The minimum atomic E-state index is -0.501. The van der Waals surface area contributed by atoms with Crippen molar-refractivity contribution in [3.8, 4) is 5.75 Å². The molecule has 0 fully saturated rings. The lowest BCUT2D eigenvalue weighted by Gasteiger charge is -2.13. The predicted octanol–water partition coefficient (Wildman–Crippen LogP) is 1.17. The number of carbonyl (C=O) groups is 2. The number of amides is 1. The Labute approximate surface area is 116 Å². The molecule has 1 aliphatic heterocycles. The fraction of sp³-hybridized carbons (Fsp3) is 0.214. The van der Waals surface area contributed by atoms with Gasteiger partial charge in [0.25, 0.3) is 5.91 Å². The number of hydrogen-bond donors (Lipinski definition) is 1. The molecule has 0 atom stereocenters. The van der Waals surface area contributed by atoms with E-state index in [-0.39, 0.29) is 23.9 Å². The standard InChI is InChI=1S/C14H14N2O4/c1-9-15-12(7-10-3-5-11(17)6-4-10)14(19)16(9)8-13(18)20-2/h3-7,17H,8H2,1-2H3/b12-7-. The molecule has 1 heterocycles. The molecule has 0 radical (unpaired) electrons. The lowest BCUT2D eigenvalue weighted by molar-refractivity contribution is -0.143. The Morgan fingerprint density at radius 1 is 1.40 bits per heavy atom. The first kappa shape index (κ1) is 13.8. The second-order valence-electron chi connectivity index (χ2n) is 4.25. The molecule has 104 valence electrons. The monoisotopic (exact) mass is 274 g/mol. The van der Waals surface area contributed by atoms with Crippen LogP contribution in [0.2, 0.25) is 0 Å². The number of amidine groups is 1. The molecule has 1 amide bonds. The van der Waals surface area contributed by atoms with Gasteiger partial charge >= 0.3 is 5.97 Å². The third-order valence-electron chi connectivity index (χ3n) is 2.85. The normalized spacial score (nSPS) is 16.5. The van der Waals surface area contributed by atoms with Crippen molar-refractivity contribution in [3.05, 3.63) is 35.5 Å². The zero-order valence-electron chi connectivity index (χ0n) is 11.2. The maximum atomic E-state index is 12.1. The van der Waals surface area contributed by atoms with Crippen molar-refractivity contribution in [1.29, 1.82) is 0 Å². The van der Waals surface area contributed by atoms with Crippen molar-refractivity contribution in [3.63, 3.8) is 0 Å². The summed E-state index contributed by atoms with van der Waals surface area (Å²) in [6.45, 7) is 1.50. The SMILES string of the molecule is COC(=O)CN1C(=O)/C(=C/c2ccc(O)cc2)N=C1C. The van der Waals surface area contributed by atoms with Crippen molar-refractivity contribution < 1.29 is 19.4 Å². The summed E-state index contributed by atoms with van der Waals surface area (Å²) in [6, 6.07) is 6.39. The molecular weight excluding hydrogens is 260 g/mol. The minimum Gasteiger partial charge on any atom is -0.508 e. The Kier molecular flexibility index (Phi) is 3.84.